The third-order valence-corrected chi connectivity index (χ3v) is 3.98. The van der Waals surface area contributed by atoms with E-state index in [9.17, 15) is 43.5 Å². The lowest BCUT2D eigenvalue weighted by molar-refractivity contribution is -0.615. The first-order valence-corrected chi connectivity index (χ1v) is 7.75. The molecule has 0 spiro atoms. The highest BCUT2D eigenvalue weighted by Crippen LogP contribution is 2.49. The van der Waals surface area contributed by atoms with Crippen LogP contribution in [0.2, 0.25) is 0 Å². The SMILES string of the molecule is O=S(=O)([N-][n+]1ccncc1)C(F)(F)C(F)(F)OC(F)(F)C(F)(F)I. The third kappa shape index (κ3) is 4.13. The Balaban J connectivity index is 3.16. The highest BCUT2D eigenvalue weighted by atomic mass is 127. The van der Waals surface area contributed by atoms with Crippen LogP contribution in [0.1, 0.15) is 0 Å². The monoisotopic (exact) mass is 501 g/mol. The van der Waals surface area contributed by atoms with Gasteiger partial charge in [0.15, 0.2) is 12.4 Å². The average molecular weight is 501 g/mol. The van der Waals surface area contributed by atoms with E-state index in [-0.39, 0.29) is 27.3 Å². The summed E-state index contributed by atoms with van der Waals surface area (Å²) in [6.45, 7) is 0. The zero-order chi connectivity index (χ0) is 19.0. The molecule has 24 heavy (non-hydrogen) atoms. The van der Waals surface area contributed by atoms with Crippen molar-refractivity contribution < 1.29 is 53.0 Å². The molecule has 0 aliphatic rings. The Morgan fingerprint density at radius 2 is 1.42 bits per heavy atom. The highest BCUT2D eigenvalue weighted by molar-refractivity contribution is 14.1. The molecule has 0 atom stereocenters. The van der Waals surface area contributed by atoms with Crippen molar-refractivity contribution in [3.63, 3.8) is 0 Å². The maximum atomic E-state index is 13.4. The van der Waals surface area contributed by atoms with Gasteiger partial charge in [-0.15, -0.1) is 0 Å². The molecule has 1 rings (SSSR count). The number of hydrogen-bond donors (Lipinski definition) is 0. The fraction of sp³-hybridized carbons (Fsp3) is 0.500. The number of rotatable bonds is 7. The Labute approximate surface area is 142 Å². The summed E-state index contributed by atoms with van der Waals surface area (Å²) >= 11 is -0.343. The van der Waals surface area contributed by atoms with Gasteiger partial charge in [-0.1, -0.05) is 0 Å². The Bertz CT molecular complexity index is 682. The van der Waals surface area contributed by atoms with Crippen LogP contribution in [0.5, 0.6) is 0 Å². The van der Waals surface area contributed by atoms with E-state index in [0.717, 1.165) is 12.4 Å². The van der Waals surface area contributed by atoms with Crippen LogP contribution < -0.4 is 4.68 Å². The van der Waals surface area contributed by atoms with Crippen LogP contribution >= 0.6 is 22.6 Å². The lowest BCUT2D eigenvalue weighted by Gasteiger charge is -2.32. The molecule has 6 nitrogen and oxygen atoms in total. The Hall–Kier alpha value is -1.04. The van der Waals surface area contributed by atoms with Crippen LogP contribution in [0.4, 0.5) is 35.1 Å². The van der Waals surface area contributed by atoms with Gasteiger partial charge < -0.3 is 4.83 Å². The summed E-state index contributed by atoms with van der Waals surface area (Å²) in [6.07, 6.45) is -9.69. The standard InChI is InChI=1S/C8H4F8IN3O3S/c9-5(10,17)6(11,12)23-7(13,14)8(15,16)24(21,22)19-20-3-1-18-2-4-20/h1-4H. The van der Waals surface area contributed by atoms with Crippen LogP contribution in [0.15, 0.2) is 24.8 Å². The number of alkyl halides is 9. The smallest absolute Gasteiger partial charge is 0.317 e. The van der Waals surface area contributed by atoms with Gasteiger partial charge in [-0.25, -0.2) is 17.8 Å². The topological polar surface area (TPSA) is 74.2 Å². The van der Waals surface area contributed by atoms with Crippen molar-refractivity contribution in [1.29, 1.82) is 0 Å². The minimum atomic E-state index is -6.53. The molecule has 0 N–H and O–H groups in total. The molecule has 16 heteroatoms. The minimum absolute atomic E-state index is 0.0946. The normalized spacial score (nSPS) is 14.5. The first-order valence-electron chi connectivity index (χ1n) is 5.23. The number of ether oxygens (including phenoxy) is 1. The number of hydrogen-bond acceptors (Lipinski definition) is 4. The number of aromatic nitrogens is 2. The van der Waals surface area contributed by atoms with E-state index in [0.29, 0.717) is 12.4 Å². The van der Waals surface area contributed by atoms with Gasteiger partial charge in [0.25, 0.3) is 0 Å². The van der Waals surface area contributed by atoms with E-state index in [2.05, 4.69) is 14.6 Å². The molecular formula is C8H4F8IN3O3S. The molecule has 0 saturated carbocycles. The Morgan fingerprint density at radius 3 is 1.83 bits per heavy atom. The number of nitrogens with zero attached hydrogens (tertiary/aromatic N) is 3. The first-order chi connectivity index (χ1) is 10.5. The van der Waals surface area contributed by atoms with Crippen molar-refractivity contribution in [1.82, 2.24) is 4.98 Å². The molecule has 0 aromatic carbocycles. The molecule has 0 unspecified atom stereocenters. The summed E-state index contributed by atoms with van der Waals surface area (Å²) in [5.41, 5.74) is 0. The Morgan fingerprint density at radius 1 is 0.958 bits per heavy atom. The predicted octanol–water partition coefficient (Wildman–Crippen LogP) is 2.66. The third-order valence-electron chi connectivity index (χ3n) is 2.06. The van der Waals surface area contributed by atoms with Crippen molar-refractivity contribution in [3.8, 4) is 0 Å². The second kappa shape index (κ2) is 6.36. The van der Waals surface area contributed by atoms with Gasteiger partial charge in [0, 0.05) is 22.6 Å². The summed E-state index contributed by atoms with van der Waals surface area (Å²) in [6, 6.07) is 0. The largest absolute Gasteiger partial charge is 0.438 e. The summed E-state index contributed by atoms with van der Waals surface area (Å²) in [4.78, 5) is 5.57. The van der Waals surface area contributed by atoms with Crippen molar-refractivity contribution in [2.75, 3.05) is 0 Å². The number of halogens is 9. The van der Waals surface area contributed by atoms with E-state index >= 15 is 0 Å². The fourth-order valence-corrected chi connectivity index (χ4v) is 1.88. The summed E-state index contributed by atoms with van der Waals surface area (Å²) < 4.78 is 123. The molecule has 1 heterocycles. The highest BCUT2D eigenvalue weighted by Gasteiger charge is 2.72. The average Bonchev–Trinajstić information content (AvgIpc) is 2.36. The summed E-state index contributed by atoms with van der Waals surface area (Å²) in [5, 5.41) is -6.39. The predicted molar refractivity (Wildman–Crippen MR) is 67.0 cm³/mol. The first kappa shape index (κ1) is 21.0. The molecule has 0 aliphatic carbocycles. The van der Waals surface area contributed by atoms with Crippen molar-refractivity contribution in [2.24, 2.45) is 0 Å². The van der Waals surface area contributed by atoms with Crippen molar-refractivity contribution in [2.45, 2.75) is 21.4 Å². The van der Waals surface area contributed by atoms with E-state index in [4.69, 9.17) is 0 Å². The zero-order valence-corrected chi connectivity index (χ0v) is 13.7. The summed E-state index contributed by atoms with van der Waals surface area (Å²) in [7, 11) is -6.52. The molecule has 0 fully saturated rings. The quantitative estimate of drug-likeness (QED) is 0.250. The lowest BCUT2D eigenvalue weighted by Crippen LogP contribution is -2.55. The summed E-state index contributed by atoms with van der Waals surface area (Å²) in [5.74, 6) is 0. The van der Waals surface area contributed by atoms with Gasteiger partial charge in [0.1, 0.15) is 0 Å². The van der Waals surface area contributed by atoms with Gasteiger partial charge in [-0.2, -0.15) is 35.1 Å². The molecule has 138 valence electrons. The van der Waals surface area contributed by atoms with E-state index in [1.807, 2.05) is 0 Å². The van der Waals surface area contributed by atoms with Crippen LogP contribution in [0.3, 0.4) is 0 Å². The molecule has 0 saturated heterocycles. The van der Waals surface area contributed by atoms with Gasteiger partial charge in [-0.05, 0) is 0 Å². The van der Waals surface area contributed by atoms with Crippen LogP contribution in [0, 0.1) is 0 Å². The molecular weight excluding hydrogens is 497 g/mol. The van der Waals surface area contributed by atoms with Gasteiger partial charge in [-0.3, -0.25) is 4.98 Å². The van der Waals surface area contributed by atoms with Gasteiger partial charge in [0.05, 0.1) is 12.4 Å². The van der Waals surface area contributed by atoms with E-state index in [1.165, 1.54) is 0 Å². The second-order valence-electron chi connectivity index (χ2n) is 3.83. The maximum absolute atomic E-state index is 13.4. The molecule has 0 radical (unpaired) electrons. The molecule has 1 aromatic rings. The van der Waals surface area contributed by atoms with E-state index in [1.54, 1.807) is 0 Å². The van der Waals surface area contributed by atoms with Crippen LogP contribution in [-0.2, 0) is 14.8 Å². The van der Waals surface area contributed by atoms with Crippen molar-refractivity contribution in [3.05, 3.63) is 29.6 Å². The molecule has 1 aromatic heterocycles. The van der Waals surface area contributed by atoms with E-state index < -0.39 is 31.4 Å². The second-order valence-corrected chi connectivity index (χ2v) is 6.81. The maximum Gasteiger partial charge on any atom is 0.438 e. The van der Waals surface area contributed by atoms with Crippen molar-refractivity contribution >= 4 is 32.6 Å². The lowest BCUT2D eigenvalue weighted by atomic mass is 10.6. The Kier molecular flexibility index (Phi) is 5.56. The fourth-order valence-electron chi connectivity index (χ4n) is 0.971. The van der Waals surface area contributed by atoms with Gasteiger partial charge >= 0.3 is 21.4 Å². The van der Waals surface area contributed by atoms with Crippen LogP contribution in [-0.4, -0.2) is 34.8 Å². The molecule has 0 bridgehead atoms. The molecule has 0 amide bonds. The van der Waals surface area contributed by atoms with Crippen LogP contribution in [0.25, 0.3) is 4.83 Å². The molecule has 0 aliphatic heterocycles. The van der Waals surface area contributed by atoms with Gasteiger partial charge in [0.2, 0.25) is 10.0 Å². The minimum Gasteiger partial charge on any atom is -0.317 e. The number of sulfonamides is 1. The zero-order valence-electron chi connectivity index (χ0n) is 10.7.